The van der Waals surface area contributed by atoms with Gasteiger partial charge in [-0.1, -0.05) is 202 Å². The molecule has 12 heterocycles. The maximum Gasteiger partial charge on any atom is 3.00 e. The number of aromatic nitrogens is 9. The summed E-state index contributed by atoms with van der Waals surface area (Å²) in [7, 11) is 6.17. The average molecular weight is 2350 g/mol. The molecule has 15 aromatic carbocycles. The fourth-order valence-electron chi connectivity index (χ4n) is 20.3. The van der Waals surface area contributed by atoms with Crippen molar-refractivity contribution in [2.45, 2.75) is 80.1 Å². The number of aryl methyl sites for hydroxylation is 6. The van der Waals surface area contributed by atoms with E-state index in [-0.39, 0.29) is 60.3 Å². The Bertz CT molecular complexity index is 7900. The molecule has 24 aromatic rings. The molecule has 140 heavy (non-hydrogen) atoms. The van der Waals surface area contributed by atoms with Gasteiger partial charge in [-0.15, -0.1) is 93.9 Å². The first kappa shape index (κ1) is 94.4. The predicted octanol–water partition coefficient (Wildman–Crippen LogP) is 28.8. The normalized spacial score (nSPS) is 12.4. The number of hydrogen-bond donors (Lipinski definition) is 0. The fourth-order valence-corrected chi connectivity index (χ4v) is 20.3. The second kappa shape index (κ2) is 40.8. The number of hydrogen-bond acceptors (Lipinski definition) is 12. The Balaban J connectivity index is 0.000000109. The summed E-state index contributed by atoms with van der Waals surface area (Å²) in [6, 6.07) is 123. The molecule has 0 aliphatic carbocycles. The number of imidazole rings is 3. The molecule has 18 heteroatoms. The van der Waals surface area contributed by atoms with Crippen molar-refractivity contribution in [3.05, 3.63) is 430 Å². The first-order chi connectivity index (χ1) is 67.5. The maximum absolute atomic E-state index is 5.16. The van der Waals surface area contributed by atoms with E-state index >= 15 is 0 Å². The third-order valence-electron chi connectivity index (χ3n) is 26.8. The molecule has 0 spiro atoms. The monoisotopic (exact) mass is 2350 g/mol. The van der Waals surface area contributed by atoms with Crippen LogP contribution in [0.4, 0.5) is 51.2 Å². The number of nitrogens with zero attached hydrogens (tertiary/aromatic N) is 15. The van der Waals surface area contributed by atoms with Gasteiger partial charge in [0.1, 0.15) is 5.65 Å². The van der Waals surface area contributed by atoms with Crippen LogP contribution in [-0.2, 0) is 98.8 Å². The largest absolute Gasteiger partial charge is 3.00 e. The number of anilines is 9. The van der Waals surface area contributed by atoms with Gasteiger partial charge in [0.15, 0.2) is 0 Å². The Morgan fingerprint density at radius 3 is 1.08 bits per heavy atom. The van der Waals surface area contributed by atoms with Crippen molar-refractivity contribution >= 4 is 166 Å². The van der Waals surface area contributed by atoms with E-state index in [9.17, 15) is 0 Å². The van der Waals surface area contributed by atoms with Crippen LogP contribution in [0.25, 0.3) is 148 Å². The van der Waals surface area contributed by atoms with Gasteiger partial charge in [0.25, 0.3) is 0 Å². The third kappa shape index (κ3) is 17.0. The molecular formula is C122H98Ir3N15. The van der Waals surface area contributed by atoms with Crippen LogP contribution < -0.4 is 29.4 Å². The van der Waals surface area contributed by atoms with Crippen LogP contribution in [0.3, 0.4) is 0 Å². The van der Waals surface area contributed by atoms with E-state index in [1.54, 1.807) is 0 Å². The van der Waals surface area contributed by atoms with Crippen molar-refractivity contribution in [3.8, 4) is 33.8 Å². The van der Waals surface area contributed by atoms with Crippen LogP contribution >= 0.6 is 0 Å². The van der Waals surface area contributed by atoms with E-state index in [0.717, 1.165) is 139 Å². The van der Waals surface area contributed by atoms with Gasteiger partial charge in [-0.05, 0) is 169 Å². The minimum absolute atomic E-state index is 0. The summed E-state index contributed by atoms with van der Waals surface area (Å²) >= 11 is 0. The number of pyridine rings is 6. The maximum atomic E-state index is 5.16. The van der Waals surface area contributed by atoms with Gasteiger partial charge < -0.3 is 42.6 Å². The Labute approximate surface area is 856 Å². The summed E-state index contributed by atoms with van der Waals surface area (Å²) in [5.74, 6) is 0. The first-order valence-corrected chi connectivity index (χ1v) is 47.2. The van der Waals surface area contributed by atoms with E-state index in [0.29, 0.717) is 0 Å². The molecule has 0 fully saturated rings. The van der Waals surface area contributed by atoms with Gasteiger partial charge in [0, 0.05) is 93.4 Å². The van der Waals surface area contributed by atoms with Crippen LogP contribution in [0.5, 0.6) is 0 Å². The molecule has 0 radical (unpaired) electrons. The van der Waals surface area contributed by atoms with E-state index in [1.165, 1.54) is 133 Å². The number of rotatable bonds is 12. The molecule has 0 atom stereocenters. The minimum Gasteiger partial charge on any atom is -0.504 e. The van der Waals surface area contributed by atoms with E-state index in [1.807, 2.05) is 104 Å². The van der Waals surface area contributed by atoms with Gasteiger partial charge in [0.05, 0.1) is 56.8 Å². The fraction of sp³-hybridized carbons (Fsp3) is 0.123. The molecule has 688 valence electrons. The van der Waals surface area contributed by atoms with Crippen molar-refractivity contribution in [3.63, 3.8) is 0 Å². The van der Waals surface area contributed by atoms with Gasteiger partial charge in [-0.25, -0.2) is 4.98 Å². The topological polar surface area (TPSA) is 110 Å². The molecule has 0 bridgehead atoms. The molecule has 0 amide bonds. The zero-order valence-corrected chi connectivity index (χ0v) is 86.2. The average Bonchev–Trinajstić information content (AvgIpc) is 1.49. The van der Waals surface area contributed by atoms with Crippen LogP contribution in [0, 0.1) is 56.4 Å². The molecule has 3 aliphatic heterocycles. The Kier molecular flexibility index (Phi) is 27.5. The molecule has 0 unspecified atom stereocenters. The van der Waals surface area contributed by atoms with Gasteiger partial charge in [-0.3, -0.25) is 24.9 Å². The van der Waals surface area contributed by atoms with E-state index in [2.05, 4.69) is 404 Å². The quantitative estimate of drug-likeness (QED) is 0.0858. The summed E-state index contributed by atoms with van der Waals surface area (Å²) in [6.07, 6.45) is 20.2. The molecule has 0 N–H and O–H groups in total. The van der Waals surface area contributed by atoms with Crippen molar-refractivity contribution < 1.29 is 60.3 Å². The summed E-state index contributed by atoms with van der Waals surface area (Å²) in [6.45, 7) is 19.5. The predicted molar refractivity (Wildman–Crippen MR) is 568 cm³/mol. The van der Waals surface area contributed by atoms with E-state index < -0.39 is 0 Å². The Morgan fingerprint density at radius 2 is 0.636 bits per heavy atom. The molecular weight excluding hydrogens is 2250 g/mol. The van der Waals surface area contributed by atoms with Crippen LogP contribution in [0.1, 0.15) is 74.9 Å². The summed E-state index contributed by atoms with van der Waals surface area (Å²) in [5, 5.41) is 16.3. The zero-order valence-electron chi connectivity index (χ0n) is 79.0. The van der Waals surface area contributed by atoms with Crippen molar-refractivity contribution in [1.82, 2.24) is 43.1 Å². The van der Waals surface area contributed by atoms with Crippen LogP contribution in [-0.4, -0.2) is 64.2 Å². The molecule has 0 saturated carbocycles. The number of fused-ring (bicyclic) bond motifs is 17. The summed E-state index contributed by atoms with van der Waals surface area (Å²) in [5.41, 5.74) is 32.3. The third-order valence-corrected chi connectivity index (χ3v) is 26.8. The van der Waals surface area contributed by atoms with Crippen LogP contribution in [0.15, 0.2) is 341 Å². The minimum atomic E-state index is 0. The molecule has 3 aliphatic rings. The smallest absolute Gasteiger partial charge is 0.504 e. The second-order valence-corrected chi connectivity index (χ2v) is 34.7. The molecule has 9 aromatic heterocycles. The second-order valence-electron chi connectivity index (χ2n) is 34.7. The van der Waals surface area contributed by atoms with Crippen molar-refractivity contribution in [2.75, 3.05) is 50.5 Å². The summed E-state index contributed by atoms with van der Waals surface area (Å²) < 4.78 is 6.56. The molecule has 27 rings (SSSR count). The zero-order chi connectivity index (χ0) is 92.9. The molecule has 0 saturated heterocycles. The Morgan fingerprint density at radius 1 is 0.271 bits per heavy atom. The summed E-state index contributed by atoms with van der Waals surface area (Å²) in [4.78, 5) is 42.3. The molecule has 15 nitrogen and oxygen atoms in total. The van der Waals surface area contributed by atoms with Gasteiger partial charge in [-0.2, -0.15) is 111 Å². The first-order valence-electron chi connectivity index (χ1n) is 47.2. The van der Waals surface area contributed by atoms with E-state index in [4.69, 9.17) is 24.9 Å². The number of para-hydroxylation sites is 10. The standard InChI is InChI=1S/C28H22N3.2C26H20N3.3C14H12N2.3Ir/c1-3-18-10-9-11-19(4-2)26(18)24-17-31-25-16-29-23-15-8-7-14-22(23)27(25)20-12-5-6-13-21(20)28(31)30-24;1-3-16-7-5-8-17(4-2)23(16)21-15-29-22-14-27-13-19-12-11-18-9-6-10-20(26(29)28-21)24(18)25(19)22;1-3-16-7-5-8-17(4-2)22(16)21-15-29-25(28-21)20-10-6-9-18-11-12-19-13-14-27-26(29)24(19)23(18)20;3*1-15-11-16(12-7-3-2-4-8-12)14-10-6-5-9-13(14)15;;;/h5-12,14-17H,3-4H2,1-2H3;2*5-9,11-15H,3-4H2,1-2H3;3*2-7,9-11H,1H3;;;/q3*-1;3*-2;3*+3. The number of benzene rings is 15. The SMILES string of the molecule is CCc1cccc(CC)c1-c1cn2c(n1)c1[c-]ccc3ccc4ccnc2c4c31.CCc1cccc(CC)c1-c1cn2c3cnc4ccccc4c3c3ccc[c-]c3c2n1.CCc1cccc(CC)c1-c1cn2c3cncc4ccc5cc[c-]c(c5c43)c2n1.CN1[CH-]N(c2[c-]cccc2)c2ccccc21.CN1[CH-]N(c2[c-]cccc2)c2ccccc21.CN1[CH-]N(c2[c-]cccc2)c2ccccc21.[Ir+3].[Ir+3].[Ir+3]. The van der Waals surface area contributed by atoms with Crippen molar-refractivity contribution in [2.24, 2.45) is 0 Å². The van der Waals surface area contributed by atoms with Gasteiger partial charge >= 0.3 is 60.3 Å². The van der Waals surface area contributed by atoms with Crippen molar-refractivity contribution in [1.29, 1.82) is 0 Å². The Hall–Kier alpha value is -14.6. The van der Waals surface area contributed by atoms with Crippen LogP contribution in [0.2, 0.25) is 0 Å². The van der Waals surface area contributed by atoms with Gasteiger partial charge in [0.2, 0.25) is 0 Å².